The Hall–Kier alpha value is -0.530. The molecule has 1 heterocycles. The fourth-order valence-corrected chi connectivity index (χ4v) is 3.25. The maximum absolute atomic E-state index is 11.5. The van der Waals surface area contributed by atoms with Crippen molar-refractivity contribution >= 4 is 5.97 Å². The fourth-order valence-electron chi connectivity index (χ4n) is 3.25. The molecule has 0 aromatic heterocycles. The zero-order valence-electron chi connectivity index (χ0n) is 9.38. The van der Waals surface area contributed by atoms with Crippen molar-refractivity contribution in [1.82, 2.24) is 0 Å². The summed E-state index contributed by atoms with van der Waals surface area (Å²) in [5.41, 5.74) is -0.0799. The summed E-state index contributed by atoms with van der Waals surface area (Å²) in [5.74, 6) is 1.18. The van der Waals surface area contributed by atoms with Gasteiger partial charge in [0.1, 0.15) is 5.60 Å². The van der Waals surface area contributed by atoms with Crippen LogP contribution in [0.4, 0.5) is 0 Å². The lowest BCUT2D eigenvalue weighted by Gasteiger charge is -2.54. The van der Waals surface area contributed by atoms with Gasteiger partial charge in [0.25, 0.3) is 0 Å². The summed E-state index contributed by atoms with van der Waals surface area (Å²) in [4.78, 5) is 11.5. The Kier molecular flexibility index (Phi) is 2.32. The van der Waals surface area contributed by atoms with Crippen molar-refractivity contribution in [2.45, 2.75) is 52.1 Å². The molecule has 2 aliphatic rings. The number of carbonyl (C=O) groups excluding carboxylic acids is 1. The molecular formula is C12H20O2. The molecule has 1 aliphatic carbocycles. The van der Waals surface area contributed by atoms with E-state index in [0.29, 0.717) is 11.8 Å². The van der Waals surface area contributed by atoms with E-state index >= 15 is 0 Å². The molecule has 2 rings (SSSR count). The van der Waals surface area contributed by atoms with Crippen LogP contribution in [0, 0.1) is 17.8 Å². The Morgan fingerprint density at radius 2 is 2.14 bits per heavy atom. The van der Waals surface area contributed by atoms with Gasteiger partial charge in [0.2, 0.25) is 0 Å². The van der Waals surface area contributed by atoms with E-state index in [-0.39, 0.29) is 17.5 Å². The second-order valence-corrected chi connectivity index (χ2v) is 5.24. The average molecular weight is 196 g/mol. The van der Waals surface area contributed by atoms with Crippen LogP contribution in [-0.4, -0.2) is 11.6 Å². The van der Waals surface area contributed by atoms with Crippen LogP contribution in [0.15, 0.2) is 0 Å². The lowest BCUT2D eigenvalue weighted by Crippen LogP contribution is -2.63. The van der Waals surface area contributed by atoms with E-state index in [4.69, 9.17) is 4.74 Å². The number of rotatable bonds is 1. The normalized spacial score (nSPS) is 42.4. The van der Waals surface area contributed by atoms with Crippen LogP contribution in [-0.2, 0) is 9.53 Å². The molecule has 14 heavy (non-hydrogen) atoms. The molecule has 1 aliphatic heterocycles. The summed E-state index contributed by atoms with van der Waals surface area (Å²) < 4.78 is 5.51. The highest BCUT2D eigenvalue weighted by Gasteiger charge is 2.60. The van der Waals surface area contributed by atoms with Gasteiger partial charge in [0.05, 0.1) is 5.92 Å². The number of carbonyl (C=O) groups is 1. The Morgan fingerprint density at radius 3 is 2.64 bits per heavy atom. The van der Waals surface area contributed by atoms with Crippen LogP contribution in [0.25, 0.3) is 0 Å². The molecule has 0 radical (unpaired) electrons. The average Bonchev–Trinajstić information content (AvgIpc) is 2.07. The van der Waals surface area contributed by atoms with Crippen LogP contribution < -0.4 is 0 Å². The summed E-state index contributed by atoms with van der Waals surface area (Å²) in [6.07, 6.45) is 4.82. The first-order chi connectivity index (χ1) is 6.58. The molecule has 0 amide bonds. The molecule has 1 saturated carbocycles. The minimum absolute atomic E-state index is 0.0359. The molecule has 0 aromatic rings. The van der Waals surface area contributed by atoms with Gasteiger partial charge in [-0.1, -0.05) is 27.2 Å². The summed E-state index contributed by atoms with van der Waals surface area (Å²) in [6, 6.07) is 0. The zero-order chi connectivity index (χ0) is 10.3. The van der Waals surface area contributed by atoms with Crippen molar-refractivity contribution in [3.63, 3.8) is 0 Å². The Balaban J connectivity index is 2.19. The third-order valence-corrected chi connectivity index (χ3v) is 4.03. The molecule has 0 bridgehead atoms. The van der Waals surface area contributed by atoms with Crippen molar-refractivity contribution < 1.29 is 9.53 Å². The fraction of sp³-hybridized carbons (Fsp3) is 0.917. The predicted octanol–water partition coefficient (Wildman–Crippen LogP) is 2.76. The Bertz CT molecular complexity index is 247. The zero-order valence-corrected chi connectivity index (χ0v) is 9.38. The van der Waals surface area contributed by atoms with E-state index < -0.39 is 0 Å². The van der Waals surface area contributed by atoms with Gasteiger partial charge in [-0.15, -0.1) is 0 Å². The molecule has 0 unspecified atom stereocenters. The molecule has 2 heteroatoms. The Labute approximate surface area is 86.0 Å². The van der Waals surface area contributed by atoms with Crippen LogP contribution in [0.3, 0.4) is 0 Å². The lowest BCUT2D eigenvalue weighted by atomic mass is 9.62. The highest BCUT2D eigenvalue weighted by Crippen LogP contribution is 2.51. The largest absolute Gasteiger partial charge is 0.458 e. The highest BCUT2D eigenvalue weighted by molar-refractivity contribution is 5.80. The Morgan fingerprint density at radius 1 is 1.43 bits per heavy atom. The van der Waals surface area contributed by atoms with E-state index in [0.717, 1.165) is 6.42 Å². The molecule has 2 nitrogen and oxygen atoms in total. The van der Waals surface area contributed by atoms with Gasteiger partial charge in [-0.3, -0.25) is 4.79 Å². The molecule has 0 aromatic carbocycles. The third-order valence-electron chi connectivity index (χ3n) is 4.03. The van der Waals surface area contributed by atoms with Crippen molar-refractivity contribution in [1.29, 1.82) is 0 Å². The third kappa shape index (κ3) is 1.19. The maximum Gasteiger partial charge on any atom is 0.313 e. The minimum atomic E-state index is -0.0799. The quantitative estimate of drug-likeness (QED) is 0.603. The predicted molar refractivity (Wildman–Crippen MR) is 54.8 cm³/mol. The van der Waals surface area contributed by atoms with E-state index in [1.807, 2.05) is 0 Å². The number of ether oxygens (including phenoxy) is 1. The highest BCUT2D eigenvalue weighted by atomic mass is 16.6. The van der Waals surface area contributed by atoms with E-state index in [2.05, 4.69) is 20.8 Å². The second kappa shape index (κ2) is 3.25. The van der Waals surface area contributed by atoms with Crippen LogP contribution >= 0.6 is 0 Å². The number of hydrogen-bond acceptors (Lipinski definition) is 2. The second-order valence-electron chi connectivity index (χ2n) is 5.24. The first kappa shape index (κ1) is 10.0. The first-order valence-corrected chi connectivity index (χ1v) is 5.81. The number of esters is 1. The molecule has 80 valence electrons. The standard InChI is InChI=1S/C12H20O2/c1-8(2)10-11(13)14-12(10)7-5-4-6-9(12)3/h8-10H,4-7H2,1-3H3/t9-,10-,12+/m0/s1. The molecule has 2 fully saturated rings. The summed E-state index contributed by atoms with van der Waals surface area (Å²) >= 11 is 0. The van der Waals surface area contributed by atoms with Gasteiger partial charge in [-0.25, -0.2) is 0 Å². The maximum atomic E-state index is 11.5. The summed E-state index contributed by atoms with van der Waals surface area (Å²) in [7, 11) is 0. The van der Waals surface area contributed by atoms with E-state index in [1.165, 1.54) is 19.3 Å². The lowest BCUT2D eigenvalue weighted by molar-refractivity contribution is -0.239. The van der Waals surface area contributed by atoms with Gasteiger partial charge in [-0.05, 0) is 31.1 Å². The molecule has 1 spiro atoms. The smallest absolute Gasteiger partial charge is 0.313 e. The van der Waals surface area contributed by atoms with Crippen molar-refractivity contribution in [3.8, 4) is 0 Å². The van der Waals surface area contributed by atoms with E-state index in [9.17, 15) is 4.79 Å². The molecular weight excluding hydrogens is 176 g/mol. The van der Waals surface area contributed by atoms with Crippen LogP contribution in [0.2, 0.25) is 0 Å². The minimum Gasteiger partial charge on any atom is -0.458 e. The SMILES string of the molecule is CC(C)[C@H]1C(=O)O[C@@]12CCCC[C@@H]2C. The number of hydrogen-bond donors (Lipinski definition) is 0. The van der Waals surface area contributed by atoms with Gasteiger partial charge < -0.3 is 4.74 Å². The van der Waals surface area contributed by atoms with Crippen LogP contribution in [0.1, 0.15) is 46.5 Å². The van der Waals surface area contributed by atoms with Crippen molar-refractivity contribution in [3.05, 3.63) is 0 Å². The monoisotopic (exact) mass is 196 g/mol. The van der Waals surface area contributed by atoms with Gasteiger partial charge >= 0.3 is 5.97 Å². The van der Waals surface area contributed by atoms with Crippen molar-refractivity contribution in [2.24, 2.45) is 17.8 Å². The topological polar surface area (TPSA) is 26.3 Å². The van der Waals surface area contributed by atoms with Crippen LogP contribution in [0.5, 0.6) is 0 Å². The summed E-state index contributed by atoms with van der Waals surface area (Å²) in [6.45, 7) is 6.50. The molecule has 0 N–H and O–H groups in total. The molecule has 1 saturated heterocycles. The molecule has 3 atom stereocenters. The van der Waals surface area contributed by atoms with Gasteiger partial charge in [0.15, 0.2) is 0 Å². The first-order valence-electron chi connectivity index (χ1n) is 5.81. The van der Waals surface area contributed by atoms with Gasteiger partial charge in [0, 0.05) is 0 Å². The van der Waals surface area contributed by atoms with Gasteiger partial charge in [-0.2, -0.15) is 0 Å². The summed E-state index contributed by atoms with van der Waals surface area (Å²) in [5, 5.41) is 0. The van der Waals surface area contributed by atoms with Crippen molar-refractivity contribution in [2.75, 3.05) is 0 Å². The van der Waals surface area contributed by atoms with E-state index in [1.54, 1.807) is 0 Å².